The number of aliphatic hydroxyl groups is 3. The Kier molecular flexibility index (Phi) is 32.1. The van der Waals surface area contributed by atoms with Crippen molar-refractivity contribution in [3.05, 3.63) is 24.3 Å². The average Bonchev–Trinajstić information content (AvgIpc) is 3.03. The third-order valence-electron chi connectivity index (χ3n) is 8.80. The van der Waals surface area contributed by atoms with Gasteiger partial charge in [-0.3, -0.25) is 9.59 Å². The van der Waals surface area contributed by atoms with Crippen LogP contribution >= 0.6 is 0 Å². The van der Waals surface area contributed by atoms with Gasteiger partial charge in [-0.1, -0.05) is 160 Å². The first-order valence-electron chi connectivity index (χ1n) is 18.8. The maximum atomic E-state index is 13.0. The molecule has 0 aromatic rings. The zero-order valence-corrected chi connectivity index (χ0v) is 29.0. The highest BCUT2D eigenvalue weighted by Crippen LogP contribution is 2.20. The normalized spacial score (nSPS) is 14.0. The van der Waals surface area contributed by atoms with Crippen LogP contribution in [0.25, 0.3) is 0 Å². The van der Waals surface area contributed by atoms with E-state index in [-0.39, 0.29) is 5.78 Å². The molecule has 3 unspecified atom stereocenters. The van der Waals surface area contributed by atoms with Crippen molar-refractivity contribution < 1.29 is 24.9 Å². The lowest BCUT2D eigenvalue weighted by Gasteiger charge is -2.21. The first kappa shape index (κ1) is 42.7. The molecule has 0 saturated heterocycles. The van der Waals surface area contributed by atoms with Gasteiger partial charge in [0, 0.05) is 6.42 Å². The van der Waals surface area contributed by atoms with Crippen LogP contribution in [0.1, 0.15) is 187 Å². The van der Waals surface area contributed by atoms with E-state index in [1.165, 1.54) is 103 Å². The van der Waals surface area contributed by atoms with Gasteiger partial charge in [-0.05, 0) is 44.9 Å². The number of hydrogen-bond donors (Lipinski definition) is 3. The molecule has 0 fully saturated rings. The van der Waals surface area contributed by atoms with Gasteiger partial charge in [0.2, 0.25) is 0 Å². The molecule has 3 N–H and O–H groups in total. The summed E-state index contributed by atoms with van der Waals surface area (Å²) in [6.07, 6.45) is 36.2. The molecule has 0 radical (unpaired) electrons. The Morgan fingerprint density at radius 1 is 0.545 bits per heavy atom. The fourth-order valence-electron chi connectivity index (χ4n) is 5.79. The van der Waals surface area contributed by atoms with Crippen LogP contribution in [0.2, 0.25) is 0 Å². The molecule has 0 saturated carbocycles. The third-order valence-corrected chi connectivity index (χ3v) is 8.80. The van der Waals surface area contributed by atoms with Gasteiger partial charge in [0.1, 0.15) is 18.0 Å². The van der Waals surface area contributed by atoms with Crippen LogP contribution in [0.4, 0.5) is 0 Å². The lowest BCUT2D eigenvalue weighted by Crippen LogP contribution is -2.42. The fraction of sp³-hybridized carbons (Fsp3) is 0.846. The van der Waals surface area contributed by atoms with Crippen molar-refractivity contribution >= 4 is 11.6 Å². The molecular formula is C39H72O5. The molecule has 0 spiro atoms. The summed E-state index contributed by atoms with van der Waals surface area (Å²) in [5, 5.41) is 29.2. The molecule has 0 rings (SSSR count). The molecule has 0 aliphatic carbocycles. The number of aliphatic hydroxyl groups excluding tert-OH is 3. The third kappa shape index (κ3) is 26.0. The van der Waals surface area contributed by atoms with Gasteiger partial charge in [-0.2, -0.15) is 0 Å². The molecule has 5 nitrogen and oxygen atoms in total. The largest absolute Gasteiger partial charge is 0.394 e. The first-order valence-corrected chi connectivity index (χ1v) is 18.8. The number of rotatable bonds is 34. The van der Waals surface area contributed by atoms with E-state index in [9.17, 15) is 24.9 Å². The minimum Gasteiger partial charge on any atom is -0.394 e. The maximum Gasteiger partial charge on any atom is 0.174 e. The monoisotopic (exact) mass is 621 g/mol. The highest BCUT2D eigenvalue weighted by molar-refractivity contribution is 6.04. The first-order chi connectivity index (χ1) is 21.5. The Morgan fingerprint density at radius 2 is 0.955 bits per heavy atom. The molecule has 0 aromatic heterocycles. The van der Waals surface area contributed by atoms with Crippen molar-refractivity contribution in [2.45, 2.75) is 199 Å². The van der Waals surface area contributed by atoms with Gasteiger partial charge >= 0.3 is 0 Å². The summed E-state index contributed by atoms with van der Waals surface area (Å²) in [7, 11) is 0. The van der Waals surface area contributed by atoms with E-state index < -0.39 is 30.5 Å². The summed E-state index contributed by atoms with van der Waals surface area (Å²) in [5.41, 5.74) is 0. The van der Waals surface area contributed by atoms with Gasteiger partial charge in [0.05, 0.1) is 12.5 Å². The second kappa shape index (κ2) is 33.1. The summed E-state index contributed by atoms with van der Waals surface area (Å²) in [5.74, 6) is -1.65. The van der Waals surface area contributed by atoms with Gasteiger partial charge in [-0.25, -0.2) is 0 Å². The topological polar surface area (TPSA) is 94.8 Å². The minimum absolute atomic E-state index is 0.125. The van der Waals surface area contributed by atoms with E-state index in [0.29, 0.717) is 12.8 Å². The van der Waals surface area contributed by atoms with Crippen LogP contribution in [0.15, 0.2) is 24.3 Å². The standard InChI is InChI=1S/C39H72O5/c1-3-5-7-9-11-13-15-17-19-21-23-25-27-29-31-33-36(41)35(38(43)39(44)37(42)34-40)32-30-28-26-24-22-20-18-16-14-12-10-8-6-4-2/h12,14,18,20,35,37,39-40,42,44H,3-11,13,15-17,19,21-34H2,1-2H3/b14-12-,20-18-. The summed E-state index contributed by atoms with van der Waals surface area (Å²) < 4.78 is 0. The number of allylic oxidation sites excluding steroid dienone is 4. The molecule has 0 aromatic carbocycles. The van der Waals surface area contributed by atoms with Crippen molar-refractivity contribution in [3.8, 4) is 0 Å². The van der Waals surface area contributed by atoms with E-state index in [1.54, 1.807) is 0 Å². The summed E-state index contributed by atoms with van der Waals surface area (Å²) in [6, 6.07) is 0. The molecule has 0 aliphatic rings. The molecule has 0 bridgehead atoms. The lowest BCUT2D eigenvalue weighted by atomic mass is 9.86. The van der Waals surface area contributed by atoms with Crippen molar-refractivity contribution in [1.82, 2.24) is 0 Å². The summed E-state index contributed by atoms with van der Waals surface area (Å²) >= 11 is 0. The SMILES string of the molecule is CCCCC/C=C\C/C=C\CCCCCCC(C(=O)CCCCCCCCCCCCCCCCC)C(=O)C(O)C(O)CO. The van der Waals surface area contributed by atoms with Crippen molar-refractivity contribution in [2.75, 3.05) is 6.61 Å². The van der Waals surface area contributed by atoms with Gasteiger partial charge < -0.3 is 15.3 Å². The zero-order valence-electron chi connectivity index (χ0n) is 29.0. The highest BCUT2D eigenvalue weighted by atomic mass is 16.4. The van der Waals surface area contributed by atoms with Crippen molar-refractivity contribution in [1.29, 1.82) is 0 Å². The van der Waals surface area contributed by atoms with Crippen LogP contribution in [-0.4, -0.2) is 45.7 Å². The molecule has 0 aliphatic heterocycles. The maximum absolute atomic E-state index is 13.0. The Hall–Kier alpha value is -1.30. The fourth-order valence-corrected chi connectivity index (χ4v) is 5.79. The number of ketones is 2. The van der Waals surface area contributed by atoms with Gasteiger partial charge in [-0.15, -0.1) is 0 Å². The average molecular weight is 621 g/mol. The van der Waals surface area contributed by atoms with E-state index in [4.69, 9.17) is 0 Å². The molecule has 258 valence electrons. The quantitative estimate of drug-likeness (QED) is 0.0378. The number of hydrogen-bond acceptors (Lipinski definition) is 5. The zero-order chi connectivity index (χ0) is 32.5. The minimum atomic E-state index is -1.71. The van der Waals surface area contributed by atoms with E-state index in [1.807, 2.05) is 0 Å². The smallest absolute Gasteiger partial charge is 0.174 e. The Balaban J connectivity index is 4.16. The van der Waals surface area contributed by atoms with Crippen LogP contribution in [0, 0.1) is 5.92 Å². The van der Waals surface area contributed by atoms with Gasteiger partial charge in [0.25, 0.3) is 0 Å². The van der Waals surface area contributed by atoms with E-state index in [0.717, 1.165) is 57.8 Å². The number of carbonyl (C=O) groups is 2. The second-order valence-electron chi connectivity index (χ2n) is 13.0. The number of unbranched alkanes of at least 4 members (excludes halogenated alkanes) is 21. The summed E-state index contributed by atoms with van der Waals surface area (Å²) in [4.78, 5) is 25.9. The second-order valence-corrected chi connectivity index (χ2v) is 13.0. The van der Waals surface area contributed by atoms with Crippen molar-refractivity contribution in [2.24, 2.45) is 5.92 Å². The molecule has 5 heteroatoms. The van der Waals surface area contributed by atoms with Crippen LogP contribution in [0.3, 0.4) is 0 Å². The lowest BCUT2D eigenvalue weighted by molar-refractivity contribution is -0.144. The Morgan fingerprint density at radius 3 is 1.45 bits per heavy atom. The molecule has 0 amide bonds. The highest BCUT2D eigenvalue weighted by Gasteiger charge is 2.33. The van der Waals surface area contributed by atoms with E-state index in [2.05, 4.69) is 38.2 Å². The molecule has 0 heterocycles. The summed E-state index contributed by atoms with van der Waals surface area (Å²) in [6.45, 7) is 3.79. The Bertz CT molecular complexity index is 701. The van der Waals surface area contributed by atoms with Crippen molar-refractivity contribution in [3.63, 3.8) is 0 Å². The molecular weight excluding hydrogens is 548 g/mol. The van der Waals surface area contributed by atoms with Gasteiger partial charge in [0.15, 0.2) is 5.78 Å². The molecule has 3 atom stereocenters. The number of Topliss-reactive ketones (excluding diaryl/α,β-unsaturated/α-hetero) is 2. The predicted molar refractivity (Wildman–Crippen MR) is 187 cm³/mol. The van der Waals surface area contributed by atoms with Crippen LogP contribution in [-0.2, 0) is 9.59 Å². The van der Waals surface area contributed by atoms with Crippen LogP contribution in [0.5, 0.6) is 0 Å². The molecule has 44 heavy (non-hydrogen) atoms. The van der Waals surface area contributed by atoms with E-state index >= 15 is 0 Å². The Labute approximate surface area is 272 Å². The number of carbonyl (C=O) groups excluding carboxylic acids is 2. The predicted octanol–water partition coefficient (Wildman–Crippen LogP) is 10.1. The van der Waals surface area contributed by atoms with Crippen LogP contribution < -0.4 is 0 Å².